The van der Waals surface area contributed by atoms with E-state index in [2.05, 4.69) is 36.4 Å². The summed E-state index contributed by atoms with van der Waals surface area (Å²) in [5.74, 6) is -0.560. The normalized spacial score (nSPS) is 46.5. The van der Waals surface area contributed by atoms with Crippen LogP contribution in [-0.2, 0) is 14.2 Å². The molecule has 0 aromatic heterocycles. The molecule has 0 saturated carbocycles. The molecule has 0 aromatic carbocycles. The van der Waals surface area contributed by atoms with E-state index >= 15 is 0 Å². The van der Waals surface area contributed by atoms with Crippen LogP contribution in [0.3, 0.4) is 0 Å². The van der Waals surface area contributed by atoms with Gasteiger partial charge in [0.1, 0.15) is 0 Å². The van der Waals surface area contributed by atoms with Gasteiger partial charge in [0.05, 0.1) is 0 Å². The first-order chi connectivity index (χ1) is 8.48. The van der Waals surface area contributed by atoms with Gasteiger partial charge in [-0.15, -0.1) is 0 Å². The van der Waals surface area contributed by atoms with Gasteiger partial charge in [0.25, 0.3) is 0 Å². The van der Waals surface area contributed by atoms with Crippen LogP contribution in [0.15, 0.2) is 0 Å². The van der Waals surface area contributed by atoms with Crippen molar-refractivity contribution in [1.82, 2.24) is 0 Å². The predicted octanol–water partition coefficient (Wildman–Crippen LogP) is -7.77. The van der Waals surface area contributed by atoms with Gasteiger partial charge in [-0.2, -0.15) is 0 Å². The standard InChI is InChI=1S/C11H17I4O3/c1-9(2,12)8-7-18-11-10(15-8,13-3-5-16-11)14-4-6-17-11/h8H,3-7H2,1-2H3/q-3. The Bertz CT molecular complexity index is 319. The van der Waals surface area contributed by atoms with Gasteiger partial charge in [0.2, 0.25) is 0 Å². The van der Waals surface area contributed by atoms with E-state index in [9.17, 15) is 0 Å². The van der Waals surface area contributed by atoms with E-state index in [1.54, 1.807) is 0 Å². The van der Waals surface area contributed by atoms with E-state index in [1.165, 1.54) is 8.86 Å². The third-order valence-corrected chi connectivity index (χ3v) is 25.2. The molecule has 1 unspecified atom stereocenters. The molecule has 0 N–H and O–H groups in total. The van der Waals surface area contributed by atoms with Crippen molar-refractivity contribution in [2.24, 2.45) is 0 Å². The van der Waals surface area contributed by atoms with Gasteiger partial charge in [-0.3, -0.25) is 0 Å². The minimum atomic E-state index is -0.560. The number of ether oxygens (including phenoxy) is 3. The first-order valence-electron chi connectivity index (χ1n) is 5.93. The van der Waals surface area contributed by atoms with E-state index in [4.69, 9.17) is 14.2 Å². The van der Waals surface area contributed by atoms with E-state index < -0.39 is 5.97 Å². The van der Waals surface area contributed by atoms with Crippen molar-refractivity contribution in [3.63, 3.8) is 0 Å². The zero-order chi connectivity index (χ0) is 12.9. The Morgan fingerprint density at radius 3 is 2.28 bits per heavy atom. The number of alkyl halides is 7. The predicted molar refractivity (Wildman–Crippen MR) is 64.9 cm³/mol. The third kappa shape index (κ3) is 2.72. The van der Waals surface area contributed by atoms with Crippen LogP contribution >= 0.6 is 22.6 Å². The molecule has 0 aromatic rings. The summed E-state index contributed by atoms with van der Waals surface area (Å²) >= 11 is 3.14. The molecule has 3 aliphatic heterocycles. The third-order valence-electron chi connectivity index (χ3n) is 3.04. The van der Waals surface area contributed by atoms with Gasteiger partial charge in [-0.05, 0) is 0 Å². The molecule has 0 spiro atoms. The summed E-state index contributed by atoms with van der Waals surface area (Å²) < 4.78 is 22.5. The summed E-state index contributed by atoms with van der Waals surface area (Å²) in [6, 6.07) is 0. The van der Waals surface area contributed by atoms with Gasteiger partial charge < -0.3 is 0 Å². The molecule has 3 saturated heterocycles. The number of halogens is 4. The molecule has 0 bridgehead atoms. The SMILES string of the molecule is CC(C)(I)C1COC23OCC[I-]C2([I-]CCO3)[I-]1. The number of hydrogen-bond donors (Lipinski definition) is 0. The molecule has 110 valence electrons. The zero-order valence-electron chi connectivity index (χ0n) is 10.3. The van der Waals surface area contributed by atoms with Gasteiger partial charge in [-0.1, -0.05) is 0 Å². The summed E-state index contributed by atoms with van der Waals surface area (Å²) in [7, 11) is 0. The quantitative estimate of drug-likeness (QED) is 0.201. The van der Waals surface area contributed by atoms with Crippen molar-refractivity contribution >= 4 is 22.6 Å². The molecule has 3 aliphatic rings. The minimum absolute atomic E-state index is 0.122. The van der Waals surface area contributed by atoms with Crippen LogP contribution in [0.5, 0.6) is 0 Å². The Morgan fingerprint density at radius 1 is 1.11 bits per heavy atom. The molecule has 3 fully saturated rings. The fourth-order valence-corrected chi connectivity index (χ4v) is 23.4. The van der Waals surface area contributed by atoms with Gasteiger partial charge in [-0.25, -0.2) is 0 Å². The number of hydrogen-bond acceptors (Lipinski definition) is 3. The van der Waals surface area contributed by atoms with Crippen molar-refractivity contribution < 1.29 is 77.8 Å². The summed E-state index contributed by atoms with van der Waals surface area (Å²) in [6.45, 7) is 7.28. The maximum absolute atomic E-state index is 6.24. The van der Waals surface area contributed by atoms with Crippen molar-refractivity contribution in [2.75, 3.05) is 28.7 Å². The van der Waals surface area contributed by atoms with Gasteiger partial charge >= 0.3 is 156 Å². The molecule has 3 nitrogen and oxygen atoms in total. The molecule has 0 amide bonds. The Labute approximate surface area is 153 Å². The Kier molecular flexibility index (Phi) is 5.04. The second-order valence-electron chi connectivity index (χ2n) is 4.85. The molecule has 3 heterocycles. The fourth-order valence-electron chi connectivity index (χ4n) is 2.06. The summed E-state index contributed by atoms with van der Waals surface area (Å²) in [6.07, 6.45) is 0. The molecule has 0 radical (unpaired) electrons. The van der Waals surface area contributed by atoms with E-state index in [1.807, 2.05) is 0 Å². The second-order valence-corrected chi connectivity index (χ2v) is 24.5. The fraction of sp³-hybridized carbons (Fsp3) is 1.00. The molecular weight excluding hydrogens is 688 g/mol. The maximum atomic E-state index is 6.24. The van der Waals surface area contributed by atoms with Crippen LogP contribution in [0.25, 0.3) is 0 Å². The zero-order valence-corrected chi connectivity index (χ0v) is 19.0. The van der Waals surface area contributed by atoms with Gasteiger partial charge in [0.15, 0.2) is 0 Å². The summed E-state index contributed by atoms with van der Waals surface area (Å²) in [5, 5.41) is 0. The Balaban J connectivity index is 1.89. The van der Waals surface area contributed by atoms with E-state index in [0.29, 0.717) is 2.86 Å². The molecule has 3 rings (SSSR count). The van der Waals surface area contributed by atoms with E-state index in [-0.39, 0.29) is 63.6 Å². The number of rotatable bonds is 1. The summed E-state index contributed by atoms with van der Waals surface area (Å²) in [5.41, 5.74) is 0. The molecule has 18 heavy (non-hydrogen) atoms. The van der Waals surface area contributed by atoms with Crippen LogP contribution in [0.2, 0.25) is 0 Å². The van der Waals surface area contributed by atoms with Crippen molar-refractivity contribution in [2.45, 2.75) is 26.6 Å². The van der Waals surface area contributed by atoms with Crippen LogP contribution in [0.4, 0.5) is 0 Å². The molecular formula is C11H17I4O3-3. The summed E-state index contributed by atoms with van der Waals surface area (Å²) in [4.78, 5) is 0. The van der Waals surface area contributed by atoms with Crippen LogP contribution in [-0.4, -0.2) is 41.4 Å². The van der Waals surface area contributed by atoms with Crippen molar-refractivity contribution in [1.29, 1.82) is 0 Å². The van der Waals surface area contributed by atoms with Crippen LogP contribution in [0, 0.1) is 0 Å². The molecule has 0 aliphatic carbocycles. The van der Waals surface area contributed by atoms with E-state index in [0.717, 1.165) is 23.7 Å². The van der Waals surface area contributed by atoms with Gasteiger partial charge in [0, 0.05) is 0 Å². The Morgan fingerprint density at radius 2 is 1.72 bits per heavy atom. The average molecular weight is 705 g/mol. The first kappa shape index (κ1) is 15.7. The molecule has 7 heteroatoms. The second kappa shape index (κ2) is 5.78. The van der Waals surface area contributed by atoms with Crippen molar-refractivity contribution in [3.05, 3.63) is 0 Å². The Hall–Kier alpha value is 2.80. The monoisotopic (exact) mass is 705 g/mol. The molecule has 1 atom stereocenters. The van der Waals surface area contributed by atoms with Crippen molar-refractivity contribution in [3.8, 4) is 0 Å². The van der Waals surface area contributed by atoms with Crippen LogP contribution in [0.1, 0.15) is 13.8 Å². The van der Waals surface area contributed by atoms with Crippen LogP contribution < -0.4 is 63.6 Å². The first-order valence-corrected chi connectivity index (χ1v) is 14.5. The topological polar surface area (TPSA) is 27.7 Å². The average Bonchev–Trinajstić information content (AvgIpc) is 2.35.